The third-order valence-electron chi connectivity index (χ3n) is 5.94. The third kappa shape index (κ3) is 4.25. The summed E-state index contributed by atoms with van der Waals surface area (Å²) in [5, 5.41) is 2.18. The second-order valence-electron chi connectivity index (χ2n) is 8.12. The average molecular weight is 481 g/mol. The second kappa shape index (κ2) is 8.90. The number of urea groups is 1. The van der Waals surface area contributed by atoms with Gasteiger partial charge >= 0.3 is 12.2 Å². The number of nitrogens with one attached hydrogen (secondary N) is 1. The quantitative estimate of drug-likeness (QED) is 0.404. The lowest BCUT2D eigenvalue weighted by Crippen LogP contribution is -2.54. The van der Waals surface area contributed by atoms with E-state index in [2.05, 4.69) is 5.32 Å². The van der Waals surface area contributed by atoms with Crippen LogP contribution in [0.1, 0.15) is 35.0 Å². The van der Waals surface area contributed by atoms with E-state index in [1.54, 1.807) is 44.2 Å². The number of anilines is 1. The van der Waals surface area contributed by atoms with Gasteiger partial charge < -0.3 is 4.57 Å². The molecule has 3 aromatic rings. The molecule has 0 radical (unpaired) electrons. The Morgan fingerprint density at radius 3 is 2.23 bits per heavy atom. The second-order valence-corrected chi connectivity index (χ2v) is 8.12. The Kier molecular flexibility index (Phi) is 6.10. The van der Waals surface area contributed by atoms with E-state index in [-0.39, 0.29) is 11.3 Å². The fourth-order valence-corrected chi connectivity index (χ4v) is 4.27. The first-order valence-corrected chi connectivity index (χ1v) is 10.9. The van der Waals surface area contributed by atoms with Gasteiger partial charge in [-0.15, -0.1) is 0 Å². The van der Waals surface area contributed by atoms with Crippen LogP contribution in [0.25, 0.3) is 11.8 Å². The highest BCUT2D eigenvalue weighted by molar-refractivity contribution is 6.39. The van der Waals surface area contributed by atoms with Gasteiger partial charge in [0.05, 0.1) is 16.9 Å². The number of aromatic nitrogens is 1. The SMILES string of the molecule is CCc1ccccc1N1C(=O)NC(=O)C(=Cc2cc(C)n(-c3ccccc3C(F)(F)F)c2C)C1=O. The summed E-state index contributed by atoms with van der Waals surface area (Å²) in [6, 6.07) is 12.8. The molecule has 1 aliphatic heterocycles. The molecule has 1 N–H and O–H groups in total. The van der Waals surface area contributed by atoms with E-state index in [0.717, 1.165) is 16.5 Å². The van der Waals surface area contributed by atoms with Gasteiger partial charge in [0.15, 0.2) is 0 Å². The molecule has 0 bridgehead atoms. The Morgan fingerprint density at radius 1 is 0.943 bits per heavy atom. The van der Waals surface area contributed by atoms with Crippen molar-refractivity contribution in [1.29, 1.82) is 0 Å². The lowest BCUT2D eigenvalue weighted by Gasteiger charge is -2.28. The minimum Gasteiger partial charge on any atom is -0.317 e. The molecule has 1 saturated heterocycles. The standard InChI is InChI=1S/C26H22F3N3O3/c1-4-17-9-5-7-11-21(17)32-24(34)19(23(33)30-25(32)35)14-18-13-15(2)31(16(18)3)22-12-8-6-10-20(22)26(27,28)29/h5-14H,4H2,1-3H3,(H,30,33,35). The number of carbonyl (C=O) groups is 3. The molecule has 4 amide bonds. The molecular weight excluding hydrogens is 459 g/mol. The molecule has 0 spiro atoms. The molecule has 4 rings (SSSR count). The Balaban J connectivity index is 1.81. The summed E-state index contributed by atoms with van der Waals surface area (Å²) in [4.78, 5) is 39.4. The van der Waals surface area contributed by atoms with Crippen molar-refractivity contribution in [1.82, 2.24) is 9.88 Å². The summed E-state index contributed by atoms with van der Waals surface area (Å²) in [6.07, 6.45) is -2.70. The zero-order chi connectivity index (χ0) is 25.5. The number of hydrogen-bond acceptors (Lipinski definition) is 3. The molecule has 2 aromatic carbocycles. The normalized spacial score (nSPS) is 15.7. The van der Waals surface area contributed by atoms with Crippen LogP contribution in [0.15, 0.2) is 60.2 Å². The molecular formula is C26H22F3N3O3. The molecule has 6 nitrogen and oxygen atoms in total. The van der Waals surface area contributed by atoms with Crippen LogP contribution in [0.4, 0.5) is 23.7 Å². The number of rotatable bonds is 4. The van der Waals surface area contributed by atoms with Gasteiger partial charge in [-0.05, 0) is 61.7 Å². The predicted octanol–water partition coefficient (Wildman–Crippen LogP) is 5.34. The van der Waals surface area contributed by atoms with Crippen molar-refractivity contribution >= 4 is 29.6 Å². The van der Waals surface area contributed by atoms with E-state index in [1.807, 2.05) is 6.92 Å². The predicted molar refractivity (Wildman–Crippen MR) is 125 cm³/mol. The van der Waals surface area contributed by atoms with Crippen molar-refractivity contribution in [2.75, 3.05) is 4.90 Å². The fraction of sp³-hybridized carbons (Fsp3) is 0.192. The molecule has 0 saturated carbocycles. The molecule has 0 atom stereocenters. The van der Waals surface area contributed by atoms with Gasteiger partial charge in [0, 0.05) is 11.4 Å². The monoisotopic (exact) mass is 481 g/mol. The van der Waals surface area contributed by atoms with Crippen molar-refractivity contribution in [3.05, 3.63) is 88.2 Å². The molecule has 0 unspecified atom stereocenters. The van der Waals surface area contributed by atoms with Crippen molar-refractivity contribution in [3.8, 4) is 5.69 Å². The largest absolute Gasteiger partial charge is 0.418 e. The van der Waals surface area contributed by atoms with Gasteiger partial charge in [0.25, 0.3) is 11.8 Å². The highest BCUT2D eigenvalue weighted by atomic mass is 19.4. The Hall–Kier alpha value is -4.14. The van der Waals surface area contributed by atoms with Crippen molar-refractivity contribution in [3.63, 3.8) is 0 Å². The van der Waals surface area contributed by atoms with Gasteiger partial charge in [-0.2, -0.15) is 13.2 Å². The van der Waals surface area contributed by atoms with Crippen LogP contribution in [-0.4, -0.2) is 22.4 Å². The lowest BCUT2D eigenvalue weighted by molar-refractivity contribution is -0.137. The minimum absolute atomic E-state index is 0.0623. The van der Waals surface area contributed by atoms with Gasteiger partial charge in [-0.25, -0.2) is 9.69 Å². The number of halogens is 3. The zero-order valence-corrected chi connectivity index (χ0v) is 19.2. The van der Waals surface area contributed by atoms with Gasteiger partial charge in [-0.1, -0.05) is 37.3 Å². The number of benzene rings is 2. The Labute approximate surface area is 199 Å². The first-order valence-electron chi connectivity index (χ1n) is 10.9. The van der Waals surface area contributed by atoms with Gasteiger partial charge in [-0.3, -0.25) is 14.9 Å². The molecule has 35 heavy (non-hydrogen) atoms. The van der Waals surface area contributed by atoms with E-state index < -0.39 is 29.6 Å². The van der Waals surface area contributed by atoms with Crippen LogP contribution in [-0.2, 0) is 22.2 Å². The van der Waals surface area contributed by atoms with Crippen molar-refractivity contribution in [2.45, 2.75) is 33.4 Å². The summed E-state index contributed by atoms with van der Waals surface area (Å²) in [5.41, 5.74) is 1.22. The smallest absolute Gasteiger partial charge is 0.317 e. The summed E-state index contributed by atoms with van der Waals surface area (Å²) in [7, 11) is 0. The number of amides is 4. The van der Waals surface area contributed by atoms with Gasteiger partial charge in [0.1, 0.15) is 5.57 Å². The van der Waals surface area contributed by atoms with Crippen LogP contribution < -0.4 is 10.2 Å². The maximum absolute atomic E-state index is 13.6. The first kappa shape index (κ1) is 24.0. The number of barbiturate groups is 1. The third-order valence-corrected chi connectivity index (χ3v) is 5.94. The number of nitrogens with zero attached hydrogens (tertiary/aromatic N) is 2. The summed E-state index contributed by atoms with van der Waals surface area (Å²) < 4.78 is 42.3. The van der Waals surface area contributed by atoms with E-state index >= 15 is 0 Å². The van der Waals surface area contributed by atoms with Crippen LogP contribution in [0.5, 0.6) is 0 Å². The highest BCUT2D eigenvalue weighted by Gasteiger charge is 2.38. The summed E-state index contributed by atoms with van der Waals surface area (Å²) in [6.45, 7) is 5.12. The fourth-order valence-electron chi connectivity index (χ4n) is 4.27. The van der Waals surface area contributed by atoms with Crippen LogP contribution in [0.3, 0.4) is 0 Å². The van der Waals surface area contributed by atoms with E-state index in [4.69, 9.17) is 0 Å². The lowest BCUT2D eigenvalue weighted by atomic mass is 10.0. The van der Waals surface area contributed by atoms with E-state index in [9.17, 15) is 27.6 Å². The Bertz CT molecular complexity index is 1390. The van der Waals surface area contributed by atoms with Gasteiger partial charge in [0.2, 0.25) is 0 Å². The maximum Gasteiger partial charge on any atom is 0.418 e. The minimum atomic E-state index is -4.56. The zero-order valence-electron chi connectivity index (χ0n) is 19.2. The molecule has 1 aliphatic rings. The number of alkyl halides is 3. The summed E-state index contributed by atoms with van der Waals surface area (Å²) in [5.74, 6) is -1.68. The highest BCUT2D eigenvalue weighted by Crippen LogP contribution is 2.36. The van der Waals surface area contributed by atoms with E-state index in [1.165, 1.54) is 28.8 Å². The van der Waals surface area contributed by atoms with Crippen molar-refractivity contribution in [2.24, 2.45) is 0 Å². The number of carbonyl (C=O) groups excluding carboxylic acids is 3. The molecule has 180 valence electrons. The number of hydrogen-bond donors (Lipinski definition) is 1. The molecule has 1 fully saturated rings. The van der Waals surface area contributed by atoms with Crippen LogP contribution in [0.2, 0.25) is 0 Å². The molecule has 1 aromatic heterocycles. The average Bonchev–Trinajstić information content (AvgIpc) is 3.08. The van der Waals surface area contributed by atoms with Crippen LogP contribution in [0, 0.1) is 13.8 Å². The van der Waals surface area contributed by atoms with Crippen molar-refractivity contribution < 1.29 is 27.6 Å². The topological polar surface area (TPSA) is 71.4 Å². The number of para-hydroxylation sites is 2. The molecule has 2 heterocycles. The Morgan fingerprint density at radius 2 is 1.57 bits per heavy atom. The first-order chi connectivity index (χ1) is 16.5. The molecule has 0 aliphatic carbocycles. The van der Waals surface area contributed by atoms with Crippen LogP contribution >= 0.6 is 0 Å². The maximum atomic E-state index is 13.6. The van der Waals surface area contributed by atoms with E-state index in [0.29, 0.717) is 29.1 Å². The number of aryl methyl sites for hydroxylation is 2. The number of imide groups is 2. The molecule has 9 heteroatoms. The summed E-state index contributed by atoms with van der Waals surface area (Å²) >= 11 is 0.